The lowest BCUT2D eigenvalue weighted by Crippen LogP contribution is -2.12. The van der Waals surface area contributed by atoms with Gasteiger partial charge in [-0.25, -0.2) is 0 Å². The second kappa shape index (κ2) is 7.03. The van der Waals surface area contributed by atoms with Crippen molar-refractivity contribution in [1.82, 2.24) is 0 Å². The molecule has 1 aliphatic carbocycles. The van der Waals surface area contributed by atoms with Gasteiger partial charge in [0, 0.05) is 0 Å². The van der Waals surface area contributed by atoms with Gasteiger partial charge in [0.05, 0.1) is 13.0 Å². The third kappa shape index (κ3) is 5.56. The van der Waals surface area contributed by atoms with Crippen LogP contribution in [0, 0.1) is 11.3 Å². The van der Waals surface area contributed by atoms with Crippen molar-refractivity contribution < 1.29 is 9.53 Å². The smallest absolute Gasteiger partial charge is 0.306 e. The number of carbonyl (C=O) groups is 1. The number of carbonyl (C=O) groups excluding carboxylic acids is 1. The lowest BCUT2D eigenvalue weighted by Gasteiger charge is -2.09. The standard InChI is InChI=1S/C15H28O2/c1-4-5-6-7-8-9-10-17-14(16)12-15(3)11-13(15)2/h13H,4-12H2,1-3H3. The zero-order valence-electron chi connectivity index (χ0n) is 11.8. The Morgan fingerprint density at radius 2 is 1.82 bits per heavy atom. The molecule has 0 N–H and O–H groups in total. The minimum Gasteiger partial charge on any atom is -0.466 e. The van der Waals surface area contributed by atoms with Crippen molar-refractivity contribution in [2.24, 2.45) is 11.3 Å². The van der Waals surface area contributed by atoms with Gasteiger partial charge in [-0.1, -0.05) is 52.9 Å². The van der Waals surface area contributed by atoms with E-state index in [0.29, 0.717) is 18.9 Å². The van der Waals surface area contributed by atoms with Gasteiger partial charge in [-0.2, -0.15) is 0 Å². The van der Waals surface area contributed by atoms with Crippen molar-refractivity contribution in [1.29, 1.82) is 0 Å². The molecule has 0 spiro atoms. The third-order valence-corrected chi connectivity index (χ3v) is 4.11. The highest BCUT2D eigenvalue weighted by molar-refractivity contribution is 5.70. The summed E-state index contributed by atoms with van der Waals surface area (Å²) in [6.07, 6.45) is 9.23. The van der Waals surface area contributed by atoms with Gasteiger partial charge in [0.2, 0.25) is 0 Å². The topological polar surface area (TPSA) is 26.3 Å². The molecule has 0 aliphatic heterocycles. The number of unbranched alkanes of at least 4 members (excludes halogenated alkanes) is 5. The first-order valence-electron chi connectivity index (χ1n) is 7.24. The quantitative estimate of drug-likeness (QED) is 0.443. The maximum absolute atomic E-state index is 11.6. The monoisotopic (exact) mass is 240 g/mol. The molecule has 100 valence electrons. The van der Waals surface area contributed by atoms with E-state index in [1.807, 2.05) is 0 Å². The minimum atomic E-state index is 0.00501. The second-order valence-corrected chi connectivity index (χ2v) is 5.92. The SMILES string of the molecule is CCCCCCCCOC(=O)CC1(C)CC1C. The van der Waals surface area contributed by atoms with Crippen LogP contribution >= 0.6 is 0 Å². The average Bonchev–Trinajstić information content (AvgIpc) is 2.84. The van der Waals surface area contributed by atoms with Gasteiger partial charge in [-0.3, -0.25) is 4.79 Å². The Morgan fingerprint density at radius 3 is 2.41 bits per heavy atom. The van der Waals surface area contributed by atoms with Crippen LogP contribution in [0.25, 0.3) is 0 Å². The van der Waals surface area contributed by atoms with Gasteiger partial charge in [0.25, 0.3) is 0 Å². The van der Waals surface area contributed by atoms with E-state index in [2.05, 4.69) is 20.8 Å². The summed E-state index contributed by atoms with van der Waals surface area (Å²) in [4.78, 5) is 11.6. The Kier molecular flexibility index (Phi) is 6.01. The normalized spacial score (nSPS) is 26.9. The highest BCUT2D eigenvalue weighted by atomic mass is 16.5. The number of hydrogen-bond donors (Lipinski definition) is 0. The van der Waals surface area contributed by atoms with Crippen molar-refractivity contribution in [2.45, 2.75) is 72.1 Å². The Bertz CT molecular complexity index is 237. The van der Waals surface area contributed by atoms with Crippen LogP contribution in [0.3, 0.4) is 0 Å². The van der Waals surface area contributed by atoms with Gasteiger partial charge < -0.3 is 4.74 Å². The highest BCUT2D eigenvalue weighted by Gasteiger charge is 2.48. The lowest BCUT2D eigenvalue weighted by molar-refractivity contribution is -0.145. The molecule has 2 nitrogen and oxygen atoms in total. The molecule has 2 heteroatoms. The first kappa shape index (κ1) is 14.5. The van der Waals surface area contributed by atoms with E-state index in [0.717, 1.165) is 6.42 Å². The van der Waals surface area contributed by atoms with Crippen LogP contribution in [-0.4, -0.2) is 12.6 Å². The molecular weight excluding hydrogens is 212 g/mol. The summed E-state index contributed by atoms with van der Waals surface area (Å²) in [5.41, 5.74) is 0.248. The van der Waals surface area contributed by atoms with Crippen molar-refractivity contribution in [2.75, 3.05) is 6.61 Å². The molecule has 0 aromatic rings. The van der Waals surface area contributed by atoms with E-state index in [9.17, 15) is 4.79 Å². The molecule has 1 rings (SSSR count). The van der Waals surface area contributed by atoms with Crippen LogP contribution in [0.5, 0.6) is 0 Å². The molecule has 0 radical (unpaired) electrons. The Balaban J connectivity index is 1.91. The molecule has 1 aliphatic rings. The van der Waals surface area contributed by atoms with E-state index < -0.39 is 0 Å². The summed E-state index contributed by atoms with van der Waals surface area (Å²) in [5, 5.41) is 0. The first-order chi connectivity index (χ1) is 8.08. The lowest BCUT2D eigenvalue weighted by atomic mass is 10.0. The van der Waals surface area contributed by atoms with Crippen LogP contribution in [0.15, 0.2) is 0 Å². The average molecular weight is 240 g/mol. The van der Waals surface area contributed by atoms with Crippen LogP contribution in [0.1, 0.15) is 72.1 Å². The van der Waals surface area contributed by atoms with E-state index in [1.165, 1.54) is 38.5 Å². The fourth-order valence-corrected chi connectivity index (χ4v) is 2.34. The largest absolute Gasteiger partial charge is 0.466 e. The van der Waals surface area contributed by atoms with E-state index >= 15 is 0 Å². The minimum absolute atomic E-state index is 0.00501. The predicted octanol–water partition coefficient (Wildman–Crippen LogP) is 4.33. The summed E-state index contributed by atoms with van der Waals surface area (Å²) >= 11 is 0. The van der Waals surface area contributed by atoms with Crippen LogP contribution < -0.4 is 0 Å². The van der Waals surface area contributed by atoms with Crippen molar-refractivity contribution in [3.05, 3.63) is 0 Å². The number of ether oxygens (including phenoxy) is 1. The number of rotatable bonds is 9. The van der Waals surface area contributed by atoms with Crippen LogP contribution in [-0.2, 0) is 9.53 Å². The van der Waals surface area contributed by atoms with Crippen molar-refractivity contribution in [3.8, 4) is 0 Å². The van der Waals surface area contributed by atoms with Crippen LogP contribution in [0.2, 0.25) is 0 Å². The Morgan fingerprint density at radius 1 is 1.24 bits per heavy atom. The van der Waals surface area contributed by atoms with Gasteiger partial charge in [-0.05, 0) is 24.2 Å². The molecular formula is C15H28O2. The highest BCUT2D eigenvalue weighted by Crippen LogP contribution is 2.54. The van der Waals surface area contributed by atoms with Crippen molar-refractivity contribution >= 4 is 5.97 Å². The summed E-state index contributed by atoms with van der Waals surface area (Å²) in [7, 11) is 0. The molecule has 1 fully saturated rings. The summed E-state index contributed by atoms with van der Waals surface area (Å²) in [6.45, 7) is 7.24. The molecule has 0 amide bonds. The van der Waals surface area contributed by atoms with E-state index in [-0.39, 0.29) is 11.4 Å². The van der Waals surface area contributed by atoms with Gasteiger partial charge in [0.1, 0.15) is 0 Å². The Hall–Kier alpha value is -0.530. The molecule has 0 aromatic heterocycles. The number of hydrogen-bond acceptors (Lipinski definition) is 2. The van der Waals surface area contributed by atoms with E-state index in [1.54, 1.807) is 0 Å². The molecule has 0 saturated heterocycles. The summed E-state index contributed by atoms with van der Waals surface area (Å²) in [5.74, 6) is 0.703. The maximum atomic E-state index is 11.6. The van der Waals surface area contributed by atoms with Crippen molar-refractivity contribution in [3.63, 3.8) is 0 Å². The molecule has 0 heterocycles. The Labute approximate surface area is 106 Å². The number of esters is 1. The van der Waals surface area contributed by atoms with Gasteiger partial charge in [-0.15, -0.1) is 0 Å². The zero-order chi connectivity index (χ0) is 12.7. The van der Waals surface area contributed by atoms with E-state index in [4.69, 9.17) is 4.74 Å². The van der Waals surface area contributed by atoms with Crippen LogP contribution in [0.4, 0.5) is 0 Å². The fourth-order valence-electron chi connectivity index (χ4n) is 2.34. The fraction of sp³-hybridized carbons (Fsp3) is 0.933. The van der Waals surface area contributed by atoms with Gasteiger partial charge in [0.15, 0.2) is 0 Å². The summed E-state index contributed by atoms with van der Waals surface area (Å²) in [6, 6.07) is 0. The zero-order valence-corrected chi connectivity index (χ0v) is 11.8. The first-order valence-corrected chi connectivity index (χ1v) is 7.24. The third-order valence-electron chi connectivity index (χ3n) is 4.11. The maximum Gasteiger partial charge on any atom is 0.306 e. The molecule has 1 saturated carbocycles. The van der Waals surface area contributed by atoms with Gasteiger partial charge >= 0.3 is 5.97 Å². The molecule has 0 aromatic carbocycles. The summed E-state index contributed by atoms with van der Waals surface area (Å²) < 4.78 is 5.27. The predicted molar refractivity (Wildman–Crippen MR) is 70.8 cm³/mol. The molecule has 2 atom stereocenters. The molecule has 0 bridgehead atoms. The molecule has 2 unspecified atom stereocenters. The second-order valence-electron chi connectivity index (χ2n) is 5.92. The molecule has 17 heavy (non-hydrogen) atoms.